The van der Waals surface area contributed by atoms with E-state index < -0.39 is 57.2 Å². The van der Waals surface area contributed by atoms with Crippen molar-refractivity contribution >= 4 is 22.0 Å². The van der Waals surface area contributed by atoms with Crippen LogP contribution in [-0.2, 0) is 42.3 Å². The van der Waals surface area contributed by atoms with Crippen LogP contribution in [0.25, 0.3) is 0 Å². The van der Waals surface area contributed by atoms with Gasteiger partial charge in [-0.15, -0.1) is 0 Å². The molecule has 13 heteroatoms. The summed E-state index contributed by atoms with van der Waals surface area (Å²) >= 11 is 0. The van der Waals surface area contributed by atoms with Crippen LogP contribution in [0.5, 0.6) is 0 Å². The van der Waals surface area contributed by atoms with Gasteiger partial charge in [0.15, 0.2) is 5.03 Å². The fraction of sp³-hybridized carbons (Fsp3) is 0.643. The second kappa shape index (κ2) is 7.46. The summed E-state index contributed by atoms with van der Waals surface area (Å²) in [4.78, 5) is 23.8. The van der Waals surface area contributed by atoms with E-state index in [1.807, 2.05) is 0 Å². The summed E-state index contributed by atoms with van der Waals surface area (Å²) in [6.07, 6.45) is -4.57. The van der Waals surface area contributed by atoms with E-state index in [0.29, 0.717) is 15.2 Å². The molecule has 27 heavy (non-hydrogen) atoms. The van der Waals surface area contributed by atoms with E-state index in [9.17, 15) is 31.2 Å². The van der Waals surface area contributed by atoms with Crippen LogP contribution in [0.4, 0.5) is 13.2 Å². The Morgan fingerprint density at radius 1 is 1.19 bits per heavy atom. The van der Waals surface area contributed by atoms with Crippen LogP contribution in [0.2, 0.25) is 0 Å². The third kappa shape index (κ3) is 3.93. The van der Waals surface area contributed by atoms with Gasteiger partial charge in [-0.25, -0.2) is 8.42 Å². The van der Waals surface area contributed by atoms with Crippen LogP contribution in [-0.4, -0.2) is 61.2 Å². The Balaban J connectivity index is 2.56. The zero-order chi connectivity index (χ0) is 20.6. The van der Waals surface area contributed by atoms with E-state index in [1.54, 1.807) is 0 Å². The Labute approximate surface area is 153 Å². The van der Waals surface area contributed by atoms with Gasteiger partial charge in [0.05, 0.1) is 26.3 Å². The number of nitrogens with zero attached hydrogens (tertiary/aromatic N) is 3. The van der Waals surface area contributed by atoms with Gasteiger partial charge in [-0.3, -0.25) is 14.3 Å². The Morgan fingerprint density at radius 2 is 1.78 bits per heavy atom. The maximum Gasteiger partial charge on any atom is 0.420 e. The van der Waals surface area contributed by atoms with Gasteiger partial charge in [-0.1, -0.05) is 0 Å². The third-order valence-electron chi connectivity index (χ3n) is 4.29. The van der Waals surface area contributed by atoms with Gasteiger partial charge >= 0.3 is 18.1 Å². The molecule has 1 saturated heterocycles. The topological polar surface area (TPSA) is 108 Å². The minimum atomic E-state index is -4.98. The van der Waals surface area contributed by atoms with Crippen LogP contribution >= 0.6 is 0 Å². The quantitative estimate of drug-likeness (QED) is 0.664. The summed E-state index contributed by atoms with van der Waals surface area (Å²) in [5.41, 5.74) is -1.46. The highest BCUT2D eigenvalue weighted by Crippen LogP contribution is 2.37. The normalized spacial score (nSPS) is 21.7. The molecule has 0 bridgehead atoms. The van der Waals surface area contributed by atoms with Gasteiger partial charge in [-0.05, 0) is 12.8 Å². The predicted octanol–water partition coefficient (Wildman–Crippen LogP) is 0.554. The van der Waals surface area contributed by atoms with E-state index in [0.717, 1.165) is 21.3 Å². The van der Waals surface area contributed by atoms with Crippen LogP contribution in [0.15, 0.2) is 11.2 Å². The van der Waals surface area contributed by atoms with E-state index >= 15 is 0 Å². The summed E-state index contributed by atoms with van der Waals surface area (Å²) in [5, 5.41) is 2.27. The number of sulfonamides is 1. The largest absolute Gasteiger partial charge is 0.469 e. The monoisotopic (exact) mass is 413 g/mol. The number of hydrogen-bond acceptors (Lipinski definition) is 7. The first-order chi connectivity index (χ1) is 12.4. The molecular formula is C14H18F3N3O6S. The first-order valence-corrected chi connectivity index (χ1v) is 9.15. The van der Waals surface area contributed by atoms with Crippen molar-refractivity contribution in [3.8, 4) is 0 Å². The maximum atomic E-state index is 13.2. The molecule has 0 aliphatic carbocycles. The second-order valence-electron chi connectivity index (χ2n) is 5.90. The van der Waals surface area contributed by atoms with Crippen molar-refractivity contribution in [2.45, 2.75) is 30.1 Å². The Kier molecular flexibility index (Phi) is 5.85. The Hall–Kier alpha value is -2.15. The summed E-state index contributed by atoms with van der Waals surface area (Å²) < 4.78 is 76.1. The molecule has 1 aromatic heterocycles. The van der Waals surface area contributed by atoms with Crippen molar-refractivity contribution in [3.63, 3.8) is 0 Å². The Bertz CT molecular complexity index is 836. The maximum absolute atomic E-state index is 13.2. The summed E-state index contributed by atoms with van der Waals surface area (Å²) in [6, 6.07) is -1.36. The van der Waals surface area contributed by atoms with Gasteiger partial charge in [0.2, 0.25) is 0 Å². The van der Waals surface area contributed by atoms with Crippen LogP contribution in [0.1, 0.15) is 18.4 Å². The number of hydrogen-bond donors (Lipinski definition) is 0. The number of ether oxygens (including phenoxy) is 2. The number of alkyl halides is 3. The second-order valence-corrected chi connectivity index (χ2v) is 7.70. The summed E-state index contributed by atoms with van der Waals surface area (Å²) in [6.45, 7) is -0.517. The first kappa shape index (κ1) is 21.2. The van der Waals surface area contributed by atoms with Crippen LogP contribution in [0, 0.1) is 5.92 Å². The molecule has 0 saturated carbocycles. The molecule has 2 atom stereocenters. The molecular weight excluding hydrogens is 395 g/mol. The summed E-state index contributed by atoms with van der Waals surface area (Å²) in [7, 11) is -1.66. The first-order valence-electron chi connectivity index (χ1n) is 7.71. The van der Waals surface area contributed by atoms with Crippen molar-refractivity contribution in [2.24, 2.45) is 13.0 Å². The van der Waals surface area contributed by atoms with Gasteiger partial charge in [0.25, 0.3) is 10.0 Å². The molecule has 0 amide bonds. The number of rotatable bonds is 4. The lowest BCUT2D eigenvalue weighted by Gasteiger charge is -2.36. The van der Waals surface area contributed by atoms with E-state index in [2.05, 4.69) is 14.6 Å². The van der Waals surface area contributed by atoms with Crippen molar-refractivity contribution < 1.29 is 40.7 Å². The van der Waals surface area contributed by atoms with Gasteiger partial charge in [0.1, 0.15) is 11.6 Å². The number of aromatic nitrogens is 2. The molecule has 1 aromatic rings. The number of esters is 2. The number of methoxy groups -OCH3 is 2. The fourth-order valence-electron chi connectivity index (χ4n) is 2.97. The van der Waals surface area contributed by atoms with Crippen molar-refractivity contribution in [3.05, 3.63) is 11.8 Å². The molecule has 0 aromatic carbocycles. The molecule has 1 aliphatic heterocycles. The highest BCUT2D eigenvalue weighted by Gasteiger charge is 2.48. The molecule has 2 unspecified atom stereocenters. The van der Waals surface area contributed by atoms with Gasteiger partial charge in [-0.2, -0.15) is 22.6 Å². The number of carbonyl (C=O) groups excluding carboxylic acids is 2. The van der Waals surface area contributed by atoms with Crippen LogP contribution in [0.3, 0.4) is 0 Å². The molecule has 0 N–H and O–H groups in total. The number of carbonyl (C=O) groups is 2. The minimum Gasteiger partial charge on any atom is -0.469 e. The lowest BCUT2D eigenvalue weighted by atomic mass is 9.95. The average Bonchev–Trinajstić information content (AvgIpc) is 3.02. The molecule has 9 nitrogen and oxygen atoms in total. The smallest absolute Gasteiger partial charge is 0.420 e. The Morgan fingerprint density at radius 3 is 2.30 bits per heavy atom. The lowest BCUT2D eigenvalue weighted by molar-refractivity contribution is -0.152. The number of aryl methyl sites for hydroxylation is 1. The predicted molar refractivity (Wildman–Crippen MR) is 82.6 cm³/mol. The van der Waals surface area contributed by atoms with E-state index in [-0.39, 0.29) is 12.8 Å². The highest BCUT2D eigenvalue weighted by atomic mass is 32.2. The molecule has 2 heterocycles. The van der Waals surface area contributed by atoms with Gasteiger partial charge in [0, 0.05) is 13.6 Å². The third-order valence-corrected chi connectivity index (χ3v) is 6.28. The van der Waals surface area contributed by atoms with E-state index in [4.69, 9.17) is 0 Å². The van der Waals surface area contributed by atoms with Crippen molar-refractivity contribution in [2.75, 3.05) is 20.8 Å². The van der Waals surface area contributed by atoms with Gasteiger partial charge < -0.3 is 9.47 Å². The number of piperidine rings is 1. The molecule has 152 valence electrons. The van der Waals surface area contributed by atoms with E-state index in [1.165, 1.54) is 0 Å². The fourth-order valence-corrected chi connectivity index (χ4v) is 4.92. The zero-order valence-electron chi connectivity index (χ0n) is 14.7. The SMILES string of the molecule is COC(=O)C1CCC(C(=O)OC)N(S(=O)(=O)c2c(C(F)(F)F)cnn2C)C1. The lowest BCUT2D eigenvalue weighted by Crippen LogP contribution is -2.52. The molecule has 1 aliphatic rings. The number of halogens is 3. The molecule has 1 fully saturated rings. The molecule has 0 spiro atoms. The van der Waals surface area contributed by atoms with Crippen molar-refractivity contribution in [1.82, 2.24) is 14.1 Å². The highest BCUT2D eigenvalue weighted by molar-refractivity contribution is 7.89. The zero-order valence-corrected chi connectivity index (χ0v) is 15.5. The average molecular weight is 413 g/mol. The molecule has 0 radical (unpaired) electrons. The summed E-state index contributed by atoms with van der Waals surface area (Å²) in [5.74, 6) is -2.58. The van der Waals surface area contributed by atoms with Crippen molar-refractivity contribution in [1.29, 1.82) is 0 Å². The standard InChI is InChI=1S/C14H18F3N3O6S/c1-19-11(9(6-18-19)14(15,16)17)27(23,24)20-7-8(12(21)25-2)4-5-10(20)13(22)26-3/h6,8,10H,4-5,7H2,1-3H3. The minimum absolute atomic E-state index is 0.106. The van der Waals surface area contributed by atoms with Crippen LogP contribution < -0.4 is 0 Å². The molecule has 2 rings (SSSR count).